The number of hydrogen-bond donors (Lipinski definition) is 1. The average Bonchev–Trinajstić information content (AvgIpc) is 3.08. The summed E-state index contributed by atoms with van der Waals surface area (Å²) in [6, 6.07) is 0.611. The Morgan fingerprint density at radius 2 is 1.95 bits per heavy atom. The van der Waals surface area contributed by atoms with E-state index in [4.69, 9.17) is 0 Å². The summed E-state index contributed by atoms with van der Waals surface area (Å²) in [7, 11) is 0. The van der Waals surface area contributed by atoms with Gasteiger partial charge in [-0.25, -0.2) is 0 Å². The summed E-state index contributed by atoms with van der Waals surface area (Å²) >= 11 is 0. The number of rotatable bonds is 3. The van der Waals surface area contributed by atoms with Gasteiger partial charge in [-0.1, -0.05) is 12.8 Å². The summed E-state index contributed by atoms with van der Waals surface area (Å²) in [5.74, 6) is 0.901. The molecule has 1 N–H and O–H groups in total. The third kappa shape index (κ3) is 2.97. The van der Waals surface area contributed by atoms with E-state index in [1.165, 1.54) is 38.5 Å². The number of likely N-dealkylation sites (tertiary alicyclic amines) is 1. The first-order chi connectivity index (χ1) is 9.74. The molecule has 112 valence electrons. The van der Waals surface area contributed by atoms with Crippen LogP contribution < -0.4 is 5.32 Å². The molecule has 5 heteroatoms. The van der Waals surface area contributed by atoms with Gasteiger partial charge in [0.2, 0.25) is 11.8 Å². The lowest BCUT2D eigenvalue weighted by atomic mass is 9.96. The number of amides is 2. The molecule has 0 radical (unpaired) electrons. The molecule has 0 aromatic carbocycles. The Bertz CT molecular complexity index is 379. The quantitative estimate of drug-likeness (QED) is 0.823. The van der Waals surface area contributed by atoms with Crippen molar-refractivity contribution in [3.05, 3.63) is 0 Å². The largest absolute Gasteiger partial charge is 0.353 e. The Kier molecular flexibility index (Phi) is 4.24. The number of piperazine rings is 1. The number of nitrogens with one attached hydrogen (secondary N) is 1. The Balaban J connectivity index is 1.55. The Hall–Kier alpha value is -1.10. The van der Waals surface area contributed by atoms with Gasteiger partial charge in [0.25, 0.3) is 0 Å². The van der Waals surface area contributed by atoms with E-state index in [0.717, 1.165) is 12.5 Å². The smallest absolute Gasteiger partial charge is 0.239 e. The molecule has 3 aliphatic rings. The minimum atomic E-state index is -0.0293. The van der Waals surface area contributed by atoms with Crippen molar-refractivity contribution >= 4 is 11.8 Å². The van der Waals surface area contributed by atoms with Crippen LogP contribution in [-0.4, -0.2) is 60.4 Å². The molecule has 5 nitrogen and oxygen atoms in total. The number of carbonyl (C=O) groups excluding carboxylic acids is 2. The van der Waals surface area contributed by atoms with Crippen LogP contribution in [0.2, 0.25) is 0 Å². The van der Waals surface area contributed by atoms with Gasteiger partial charge in [-0.15, -0.1) is 0 Å². The van der Waals surface area contributed by atoms with Crippen LogP contribution in [0.3, 0.4) is 0 Å². The van der Waals surface area contributed by atoms with Crippen molar-refractivity contribution in [2.24, 2.45) is 5.92 Å². The molecule has 2 saturated heterocycles. The van der Waals surface area contributed by atoms with Gasteiger partial charge in [-0.05, 0) is 38.1 Å². The van der Waals surface area contributed by atoms with Crippen molar-refractivity contribution in [1.82, 2.24) is 15.1 Å². The first-order valence-corrected chi connectivity index (χ1v) is 8.02. The van der Waals surface area contributed by atoms with Gasteiger partial charge in [0.05, 0.1) is 13.1 Å². The SMILES string of the molecule is O=C1CN(C(=O)CN2CCCC2C2CCCC2)CCN1. The van der Waals surface area contributed by atoms with Crippen LogP contribution in [0.1, 0.15) is 38.5 Å². The van der Waals surface area contributed by atoms with Crippen molar-refractivity contribution in [1.29, 1.82) is 0 Å². The predicted molar refractivity (Wildman–Crippen MR) is 76.1 cm³/mol. The van der Waals surface area contributed by atoms with Gasteiger partial charge >= 0.3 is 0 Å². The van der Waals surface area contributed by atoms with Crippen LogP contribution in [0.5, 0.6) is 0 Å². The highest BCUT2D eigenvalue weighted by molar-refractivity contribution is 5.86. The number of carbonyl (C=O) groups is 2. The minimum absolute atomic E-state index is 0.0293. The predicted octanol–water partition coefficient (Wildman–Crippen LogP) is 0.599. The molecule has 3 fully saturated rings. The Labute approximate surface area is 120 Å². The van der Waals surface area contributed by atoms with E-state index < -0.39 is 0 Å². The van der Waals surface area contributed by atoms with E-state index in [1.54, 1.807) is 4.90 Å². The van der Waals surface area contributed by atoms with E-state index in [1.807, 2.05) is 0 Å². The summed E-state index contributed by atoms with van der Waals surface area (Å²) in [5, 5.41) is 2.77. The molecule has 3 rings (SSSR count). The maximum atomic E-state index is 12.4. The van der Waals surface area contributed by atoms with Crippen molar-refractivity contribution in [2.45, 2.75) is 44.6 Å². The normalized spacial score (nSPS) is 28.9. The van der Waals surface area contributed by atoms with E-state index in [2.05, 4.69) is 10.2 Å². The molecule has 2 aliphatic heterocycles. The molecule has 0 aromatic rings. The van der Waals surface area contributed by atoms with Gasteiger partial charge < -0.3 is 10.2 Å². The highest BCUT2D eigenvalue weighted by atomic mass is 16.2. The van der Waals surface area contributed by atoms with Crippen molar-refractivity contribution in [2.75, 3.05) is 32.7 Å². The summed E-state index contributed by atoms with van der Waals surface area (Å²) in [4.78, 5) is 27.8. The Morgan fingerprint density at radius 1 is 1.15 bits per heavy atom. The highest BCUT2D eigenvalue weighted by Gasteiger charge is 2.35. The second-order valence-electron chi connectivity index (χ2n) is 6.39. The molecule has 0 bridgehead atoms. The van der Waals surface area contributed by atoms with Gasteiger partial charge in [0.1, 0.15) is 0 Å². The zero-order valence-corrected chi connectivity index (χ0v) is 12.1. The van der Waals surface area contributed by atoms with Crippen LogP contribution in [0.4, 0.5) is 0 Å². The second kappa shape index (κ2) is 6.12. The van der Waals surface area contributed by atoms with E-state index >= 15 is 0 Å². The van der Waals surface area contributed by atoms with Crippen molar-refractivity contribution in [3.63, 3.8) is 0 Å². The van der Waals surface area contributed by atoms with Crippen LogP contribution in [0.15, 0.2) is 0 Å². The zero-order valence-electron chi connectivity index (χ0n) is 12.1. The summed E-state index contributed by atoms with van der Waals surface area (Å²) in [6.45, 7) is 3.05. The number of nitrogens with zero attached hydrogens (tertiary/aromatic N) is 2. The second-order valence-corrected chi connectivity index (χ2v) is 6.39. The Morgan fingerprint density at radius 3 is 2.70 bits per heavy atom. The minimum Gasteiger partial charge on any atom is -0.353 e. The highest BCUT2D eigenvalue weighted by Crippen LogP contribution is 2.35. The van der Waals surface area contributed by atoms with Crippen molar-refractivity contribution in [3.8, 4) is 0 Å². The molecule has 2 heterocycles. The molecular weight excluding hydrogens is 254 g/mol. The fourth-order valence-electron chi connectivity index (χ4n) is 4.05. The molecule has 1 unspecified atom stereocenters. The monoisotopic (exact) mass is 279 g/mol. The third-order valence-corrected chi connectivity index (χ3v) is 5.09. The zero-order chi connectivity index (χ0) is 13.9. The molecule has 0 spiro atoms. The fourth-order valence-corrected chi connectivity index (χ4v) is 4.05. The molecule has 20 heavy (non-hydrogen) atoms. The van der Waals surface area contributed by atoms with Crippen molar-refractivity contribution < 1.29 is 9.59 Å². The standard InChI is InChI=1S/C15H25N3O2/c19-14-10-18(9-7-16-14)15(20)11-17-8-3-6-13(17)12-4-1-2-5-12/h12-13H,1-11H2,(H,16,19). The maximum Gasteiger partial charge on any atom is 0.239 e. The number of hydrogen-bond acceptors (Lipinski definition) is 3. The van der Waals surface area contributed by atoms with Gasteiger partial charge in [-0.3, -0.25) is 14.5 Å². The summed E-state index contributed by atoms with van der Waals surface area (Å²) in [5.41, 5.74) is 0. The molecule has 2 amide bonds. The van der Waals surface area contributed by atoms with E-state index in [0.29, 0.717) is 25.7 Å². The first kappa shape index (κ1) is 13.9. The third-order valence-electron chi connectivity index (χ3n) is 5.09. The van der Waals surface area contributed by atoms with Gasteiger partial charge in [0.15, 0.2) is 0 Å². The lowest BCUT2D eigenvalue weighted by Gasteiger charge is -2.32. The van der Waals surface area contributed by atoms with E-state index in [9.17, 15) is 9.59 Å². The van der Waals surface area contributed by atoms with Crippen LogP contribution in [-0.2, 0) is 9.59 Å². The molecule has 1 saturated carbocycles. The van der Waals surface area contributed by atoms with Crippen LogP contribution in [0, 0.1) is 5.92 Å². The van der Waals surface area contributed by atoms with Crippen LogP contribution >= 0.6 is 0 Å². The molecule has 1 atom stereocenters. The lowest BCUT2D eigenvalue weighted by molar-refractivity contribution is -0.139. The van der Waals surface area contributed by atoms with Gasteiger partial charge in [0, 0.05) is 19.1 Å². The summed E-state index contributed by atoms with van der Waals surface area (Å²) in [6.07, 6.45) is 7.85. The molecule has 1 aliphatic carbocycles. The van der Waals surface area contributed by atoms with Crippen LogP contribution in [0.25, 0.3) is 0 Å². The maximum absolute atomic E-state index is 12.4. The lowest BCUT2D eigenvalue weighted by Crippen LogP contribution is -2.53. The molecule has 0 aromatic heterocycles. The summed E-state index contributed by atoms with van der Waals surface area (Å²) < 4.78 is 0. The first-order valence-electron chi connectivity index (χ1n) is 8.02. The molecular formula is C15H25N3O2. The fraction of sp³-hybridized carbons (Fsp3) is 0.867. The van der Waals surface area contributed by atoms with Gasteiger partial charge in [-0.2, -0.15) is 0 Å². The topological polar surface area (TPSA) is 52.7 Å². The average molecular weight is 279 g/mol. The van der Waals surface area contributed by atoms with E-state index in [-0.39, 0.29) is 18.4 Å².